The van der Waals surface area contributed by atoms with E-state index in [9.17, 15) is 0 Å². The van der Waals surface area contributed by atoms with Gasteiger partial charge < -0.3 is 10.5 Å². The van der Waals surface area contributed by atoms with Gasteiger partial charge in [0.2, 0.25) is 0 Å². The van der Waals surface area contributed by atoms with Crippen molar-refractivity contribution in [3.8, 4) is 0 Å². The van der Waals surface area contributed by atoms with Gasteiger partial charge in [-0.05, 0) is 25.5 Å². The van der Waals surface area contributed by atoms with Crippen LogP contribution in [-0.2, 0) is 4.74 Å². The molecule has 0 aliphatic heterocycles. The summed E-state index contributed by atoms with van der Waals surface area (Å²) in [6.07, 6.45) is 1.62. The third kappa shape index (κ3) is 2.21. The molecule has 0 radical (unpaired) electrons. The lowest BCUT2D eigenvalue weighted by Gasteiger charge is -2.07. The lowest BCUT2D eigenvalue weighted by atomic mass is 10.2. The normalized spacial score (nSPS) is 9.69. The van der Waals surface area contributed by atoms with Crippen LogP contribution in [0.2, 0.25) is 0 Å². The second-order valence-corrected chi connectivity index (χ2v) is 2.78. The van der Waals surface area contributed by atoms with E-state index in [4.69, 9.17) is 10.5 Å². The maximum absolute atomic E-state index is 5.63. The average Bonchev–Trinajstić information content (AvgIpc) is 2.10. The van der Waals surface area contributed by atoms with Crippen molar-refractivity contribution in [3.63, 3.8) is 0 Å². The van der Waals surface area contributed by atoms with Crippen LogP contribution in [0.15, 0.2) is 18.8 Å². The van der Waals surface area contributed by atoms with Crippen molar-refractivity contribution < 1.29 is 4.74 Å². The van der Waals surface area contributed by atoms with Crippen LogP contribution in [-0.4, -0.2) is 11.6 Å². The van der Waals surface area contributed by atoms with Gasteiger partial charge in [0, 0.05) is 0 Å². The molecule has 70 valence electrons. The Morgan fingerprint density at radius 3 is 2.92 bits per heavy atom. The molecule has 3 heteroatoms. The molecule has 0 amide bonds. The SMILES string of the molecule is C=C(OCC)c1cc(C)c(N)cn1. The number of aryl methyl sites for hydroxylation is 1. The molecule has 0 aromatic carbocycles. The third-order valence-electron chi connectivity index (χ3n) is 1.76. The predicted octanol–water partition coefficient (Wildman–Crippen LogP) is 1.98. The van der Waals surface area contributed by atoms with Crippen LogP contribution < -0.4 is 5.73 Å². The summed E-state index contributed by atoms with van der Waals surface area (Å²) in [5.41, 5.74) is 8.05. The van der Waals surface area contributed by atoms with E-state index < -0.39 is 0 Å². The Bertz CT molecular complexity index is 321. The largest absolute Gasteiger partial charge is 0.492 e. The zero-order valence-corrected chi connectivity index (χ0v) is 8.00. The number of nitrogen functional groups attached to an aromatic ring is 1. The first kappa shape index (κ1) is 9.58. The van der Waals surface area contributed by atoms with Gasteiger partial charge in [0.25, 0.3) is 0 Å². The molecule has 13 heavy (non-hydrogen) atoms. The Labute approximate surface area is 78.2 Å². The summed E-state index contributed by atoms with van der Waals surface area (Å²) in [5.74, 6) is 0.589. The Morgan fingerprint density at radius 2 is 2.38 bits per heavy atom. The summed E-state index contributed by atoms with van der Waals surface area (Å²) in [4.78, 5) is 4.11. The van der Waals surface area contributed by atoms with E-state index in [1.807, 2.05) is 19.9 Å². The number of nitrogens with zero attached hydrogens (tertiary/aromatic N) is 1. The Hall–Kier alpha value is -1.51. The summed E-state index contributed by atoms with van der Waals surface area (Å²) in [5, 5.41) is 0. The van der Waals surface area contributed by atoms with Gasteiger partial charge in [-0.2, -0.15) is 0 Å². The number of aromatic nitrogens is 1. The zero-order valence-electron chi connectivity index (χ0n) is 8.00. The third-order valence-corrected chi connectivity index (χ3v) is 1.76. The van der Waals surface area contributed by atoms with Crippen LogP contribution in [0, 0.1) is 6.92 Å². The van der Waals surface area contributed by atoms with Gasteiger partial charge in [0.1, 0.15) is 11.5 Å². The van der Waals surface area contributed by atoms with Gasteiger partial charge in [-0.15, -0.1) is 0 Å². The van der Waals surface area contributed by atoms with Crippen LogP contribution >= 0.6 is 0 Å². The van der Waals surface area contributed by atoms with E-state index in [-0.39, 0.29) is 0 Å². The van der Waals surface area contributed by atoms with E-state index in [0.29, 0.717) is 18.1 Å². The number of ether oxygens (including phenoxy) is 1. The average molecular weight is 178 g/mol. The summed E-state index contributed by atoms with van der Waals surface area (Å²) in [6.45, 7) is 8.20. The van der Waals surface area contributed by atoms with Gasteiger partial charge >= 0.3 is 0 Å². The van der Waals surface area contributed by atoms with Crippen molar-refractivity contribution in [2.75, 3.05) is 12.3 Å². The summed E-state index contributed by atoms with van der Waals surface area (Å²) in [7, 11) is 0. The Morgan fingerprint density at radius 1 is 1.69 bits per heavy atom. The lowest BCUT2D eigenvalue weighted by molar-refractivity contribution is 0.298. The van der Waals surface area contributed by atoms with Gasteiger partial charge in [-0.1, -0.05) is 6.58 Å². The molecule has 1 aromatic rings. The molecule has 0 unspecified atom stereocenters. The fourth-order valence-electron chi connectivity index (χ4n) is 0.967. The molecule has 0 aliphatic carbocycles. The lowest BCUT2D eigenvalue weighted by Crippen LogP contribution is -1.97. The molecular formula is C10H14N2O. The molecule has 0 atom stereocenters. The molecule has 0 saturated carbocycles. The van der Waals surface area contributed by atoms with E-state index in [1.165, 1.54) is 0 Å². The highest BCUT2D eigenvalue weighted by molar-refractivity contribution is 5.57. The minimum Gasteiger partial charge on any atom is -0.492 e. The molecule has 2 N–H and O–H groups in total. The predicted molar refractivity (Wildman–Crippen MR) is 54.0 cm³/mol. The van der Waals surface area contributed by atoms with Crippen molar-refractivity contribution in [2.45, 2.75) is 13.8 Å². The van der Waals surface area contributed by atoms with Gasteiger partial charge in [0.15, 0.2) is 0 Å². The van der Waals surface area contributed by atoms with E-state index in [2.05, 4.69) is 11.6 Å². The highest BCUT2D eigenvalue weighted by Crippen LogP contribution is 2.15. The van der Waals surface area contributed by atoms with Gasteiger partial charge in [0.05, 0.1) is 18.5 Å². The minimum absolute atomic E-state index is 0.589. The second-order valence-electron chi connectivity index (χ2n) is 2.78. The number of rotatable bonds is 3. The summed E-state index contributed by atoms with van der Waals surface area (Å²) >= 11 is 0. The highest BCUT2D eigenvalue weighted by atomic mass is 16.5. The van der Waals surface area contributed by atoms with Crippen molar-refractivity contribution in [3.05, 3.63) is 30.1 Å². The fraction of sp³-hybridized carbons (Fsp3) is 0.300. The minimum atomic E-state index is 0.589. The number of anilines is 1. The van der Waals surface area contributed by atoms with Crippen molar-refractivity contribution in [2.24, 2.45) is 0 Å². The topological polar surface area (TPSA) is 48.1 Å². The van der Waals surface area contributed by atoms with Crippen molar-refractivity contribution >= 4 is 11.4 Å². The first-order valence-electron chi connectivity index (χ1n) is 4.19. The molecule has 0 aliphatic rings. The number of hydrogen-bond donors (Lipinski definition) is 1. The number of hydrogen-bond acceptors (Lipinski definition) is 3. The molecule has 0 spiro atoms. The number of nitrogens with two attached hydrogens (primary N) is 1. The number of pyridine rings is 1. The van der Waals surface area contributed by atoms with Gasteiger partial charge in [-0.25, -0.2) is 0 Å². The summed E-state index contributed by atoms with van der Waals surface area (Å²) in [6, 6.07) is 1.87. The molecule has 0 bridgehead atoms. The summed E-state index contributed by atoms with van der Waals surface area (Å²) < 4.78 is 5.22. The molecule has 0 saturated heterocycles. The standard InChI is InChI=1S/C10H14N2O/c1-4-13-8(3)10-5-7(2)9(11)6-12-10/h5-6H,3-4,11H2,1-2H3. The van der Waals surface area contributed by atoms with E-state index in [1.54, 1.807) is 6.20 Å². The van der Waals surface area contributed by atoms with E-state index in [0.717, 1.165) is 11.3 Å². The second kappa shape index (κ2) is 3.94. The Kier molecular flexibility index (Phi) is 2.90. The van der Waals surface area contributed by atoms with Gasteiger partial charge in [-0.3, -0.25) is 4.98 Å². The smallest absolute Gasteiger partial charge is 0.137 e. The monoisotopic (exact) mass is 178 g/mol. The highest BCUT2D eigenvalue weighted by Gasteiger charge is 2.02. The maximum atomic E-state index is 5.63. The van der Waals surface area contributed by atoms with Crippen LogP contribution in [0.5, 0.6) is 0 Å². The first-order chi connectivity index (χ1) is 6.15. The fourth-order valence-corrected chi connectivity index (χ4v) is 0.967. The van der Waals surface area contributed by atoms with Crippen LogP contribution in [0.3, 0.4) is 0 Å². The first-order valence-corrected chi connectivity index (χ1v) is 4.19. The Balaban J connectivity index is 2.90. The molecule has 3 nitrogen and oxygen atoms in total. The zero-order chi connectivity index (χ0) is 9.84. The van der Waals surface area contributed by atoms with Crippen LogP contribution in [0.1, 0.15) is 18.2 Å². The van der Waals surface area contributed by atoms with Crippen LogP contribution in [0.25, 0.3) is 5.76 Å². The van der Waals surface area contributed by atoms with E-state index >= 15 is 0 Å². The molecule has 1 heterocycles. The molecule has 1 rings (SSSR count). The van der Waals surface area contributed by atoms with Crippen LogP contribution in [0.4, 0.5) is 5.69 Å². The molecular weight excluding hydrogens is 164 g/mol. The quantitative estimate of drug-likeness (QED) is 0.720. The van der Waals surface area contributed by atoms with Crippen molar-refractivity contribution in [1.82, 2.24) is 4.98 Å². The van der Waals surface area contributed by atoms with Crippen molar-refractivity contribution in [1.29, 1.82) is 0 Å². The molecule has 0 fully saturated rings. The molecule has 1 aromatic heterocycles. The maximum Gasteiger partial charge on any atom is 0.137 e.